The molecule has 0 bridgehead atoms. The van der Waals surface area contributed by atoms with Crippen molar-refractivity contribution in [3.63, 3.8) is 0 Å². The quantitative estimate of drug-likeness (QED) is 0.266. The molecule has 0 fully saturated rings. The summed E-state index contributed by atoms with van der Waals surface area (Å²) in [4.78, 5) is 43.8. The van der Waals surface area contributed by atoms with Gasteiger partial charge in [0.15, 0.2) is 5.84 Å². The Labute approximate surface area is 171 Å². The number of carbonyl (C=O) groups excluding carboxylic acids is 2. The Bertz CT molecular complexity index is 1140. The first-order chi connectivity index (χ1) is 14.3. The van der Waals surface area contributed by atoms with Crippen molar-refractivity contribution in [1.82, 2.24) is 0 Å². The second-order valence-corrected chi connectivity index (χ2v) is 6.20. The molecule has 1 N–H and O–H groups in total. The summed E-state index contributed by atoms with van der Waals surface area (Å²) < 4.78 is 5.00. The Morgan fingerprint density at radius 2 is 1.77 bits per heavy atom. The van der Waals surface area contributed by atoms with Crippen LogP contribution in [0.1, 0.15) is 35.3 Å². The van der Waals surface area contributed by atoms with E-state index in [4.69, 9.17) is 4.74 Å². The molecule has 1 heterocycles. The van der Waals surface area contributed by atoms with Crippen molar-refractivity contribution >= 4 is 29.1 Å². The Hall–Kier alpha value is -4.14. The lowest BCUT2D eigenvalue weighted by molar-refractivity contribution is -0.385. The number of benzene rings is 2. The summed E-state index contributed by atoms with van der Waals surface area (Å²) in [5, 5.41) is 21.3. The highest BCUT2D eigenvalue weighted by Crippen LogP contribution is 2.26. The summed E-state index contributed by atoms with van der Waals surface area (Å²) in [7, 11) is 0. The number of hydrogen-bond acceptors (Lipinski definition) is 6. The van der Waals surface area contributed by atoms with E-state index in [1.165, 1.54) is 31.2 Å². The van der Waals surface area contributed by atoms with Gasteiger partial charge >= 0.3 is 5.97 Å². The summed E-state index contributed by atoms with van der Waals surface area (Å²) in [6, 6.07) is 12.2. The SMILES string of the molecule is CCOC(=O)C(C1=NC(=NC(=O)c2ccccc2[N+](=O)[O-])c2ccccc21)=C(C)O. The molecule has 0 atom stereocenters. The number of amides is 1. The van der Waals surface area contributed by atoms with Crippen molar-refractivity contribution in [3.8, 4) is 0 Å². The third kappa shape index (κ3) is 3.86. The predicted molar refractivity (Wildman–Crippen MR) is 109 cm³/mol. The Kier molecular flexibility index (Phi) is 5.82. The monoisotopic (exact) mass is 407 g/mol. The molecule has 0 unspecified atom stereocenters. The van der Waals surface area contributed by atoms with E-state index in [9.17, 15) is 24.8 Å². The van der Waals surface area contributed by atoms with Gasteiger partial charge in [0.2, 0.25) is 0 Å². The maximum Gasteiger partial charge on any atom is 0.343 e. The molecular weight excluding hydrogens is 390 g/mol. The zero-order valence-electron chi connectivity index (χ0n) is 16.2. The van der Waals surface area contributed by atoms with Crippen LogP contribution in [0.4, 0.5) is 5.69 Å². The van der Waals surface area contributed by atoms with E-state index in [2.05, 4.69) is 9.98 Å². The molecule has 0 saturated carbocycles. The van der Waals surface area contributed by atoms with E-state index >= 15 is 0 Å². The van der Waals surface area contributed by atoms with Crippen LogP contribution in [0.5, 0.6) is 0 Å². The molecule has 1 aliphatic heterocycles. The van der Waals surface area contributed by atoms with Gasteiger partial charge in [0.25, 0.3) is 11.6 Å². The van der Waals surface area contributed by atoms with E-state index in [0.29, 0.717) is 11.1 Å². The number of ether oxygens (including phenoxy) is 1. The highest BCUT2D eigenvalue weighted by molar-refractivity contribution is 6.36. The zero-order valence-corrected chi connectivity index (χ0v) is 16.2. The van der Waals surface area contributed by atoms with Crippen LogP contribution in [0.3, 0.4) is 0 Å². The minimum atomic E-state index is -0.848. The molecule has 9 heteroatoms. The molecule has 0 saturated heterocycles. The topological polar surface area (TPSA) is 131 Å². The van der Waals surface area contributed by atoms with Crippen LogP contribution in [-0.4, -0.2) is 40.1 Å². The number of aliphatic hydroxyl groups is 1. The second kappa shape index (κ2) is 8.48. The van der Waals surface area contributed by atoms with Crippen LogP contribution in [0, 0.1) is 10.1 Å². The summed E-state index contributed by atoms with van der Waals surface area (Å²) in [6.45, 7) is 3.05. The number of rotatable bonds is 5. The first-order valence-electron chi connectivity index (χ1n) is 8.97. The lowest BCUT2D eigenvalue weighted by Gasteiger charge is -2.08. The van der Waals surface area contributed by atoms with E-state index in [0.717, 1.165) is 0 Å². The Morgan fingerprint density at radius 3 is 2.40 bits per heavy atom. The third-order valence-corrected chi connectivity index (χ3v) is 4.26. The zero-order chi connectivity index (χ0) is 21.8. The van der Waals surface area contributed by atoms with E-state index < -0.39 is 16.8 Å². The molecule has 2 aromatic carbocycles. The van der Waals surface area contributed by atoms with Crippen LogP contribution in [0.2, 0.25) is 0 Å². The molecular formula is C21H17N3O6. The molecule has 152 valence electrons. The normalized spacial score (nSPS) is 14.6. The third-order valence-electron chi connectivity index (χ3n) is 4.26. The fourth-order valence-electron chi connectivity index (χ4n) is 2.98. The summed E-state index contributed by atoms with van der Waals surface area (Å²) in [5.74, 6) is -1.93. The molecule has 0 spiro atoms. The standard InChI is InChI=1S/C21H17N3O6/c1-3-30-21(27)17(12(2)25)18-13-8-4-5-9-14(13)19(22-18)23-20(26)15-10-6-7-11-16(15)24(28)29/h4-11,25H,3H2,1-2H3. The highest BCUT2D eigenvalue weighted by Gasteiger charge is 2.31. The fourth-order valence-corrected chi connectivity index (χ4v) is 2.98. The average Bonchev–Trinajstić information content (AvgIpc) is 3.06. The lowest BCUT2D eigenvalue weighted by Crippen LogP contribution is -2.18. The number of nitrogens with zero attached hydrogens (tertiary/aromatic N) is 3. The van der Waals surface area contributed by atoms with Crippen LogP contribution in [0.25, 0.3) is 0 Å². The maximum absolute atomic E-state index is 12.7. The van der Waals surface area contributed by atoms with E-state index in [1.807, 2.05) is 0 Å². The number of amidine groups is 1. The van der Waals surface area contributed by atoms with E-state index in [-0.39, 0.29) is 40.7 Å². The minimum absolute atomic E-state index is 0.0215. The van der Waals surface area contributed by atoms with Crippen LogP contribution in [0.15, 0.2) is 69.8 Å². The van der Waals surface area contributed by atoms with Gasteiger partial charge in [0.1, 0.15) is 16.9 Å². The van der Waals surface area contributed by atoms with Crippen LogP contribution in [-0.2, 0) is 9.53 Å². The number of nitro groups is 1. The number of para-hydroxylation sites is 1. The van der Waals surface area contributed by atoms with Crippen molar-refractivity contribution in [1.29, 1.82) is 0 Å². The number of nitro benzene ring substituents is 1. The average molecular weight is 407 g/mol. The van der Waals surface area contributed by atoms with Gasteiger partial charge in [0, 0.05) is 17.2 Å². The minimum Gasteiger partial charge on any atom is -0.512 e. The van der Waals surface area contributed by atoms with Gasteiger partial charge in [-0.25, -0.2) is 9.79 Å². The van der Waals surface area contributed by atoms with Gasteiger partial charge in [-0.2, -0.15) is 4.99 Å². The lowest BCUT2D eigenvalue weighted by atomic mass is 9.99. The van der Waals surface area contributed by atoms with Crippen molar-refractivity contribution in [2.45, 2.75) is 13.8 Å². The van der Waals surface area contributed by atoms with Gasteiger partial charge in [-0.15, -0.1) is 0 Å². The molecule has 1 amide bonds. The maximum atomic E-state index is 12.7. The number of allylic oxidation sites excluding steroid dienone is 1. The molecule has 0 aromatic heterocycles. The van der Waals surface area contributed by atoms with Crippen molar-refractivity contribution in [2.24, 2.45) is 9.98 Å². The smallest absolute Gasteiger partial charge is 0.343 e. The number of fused-ring (bicyclic) bond motifs is 1. The molecule has 9 nitrogen and oxygen atoms in total. The van der Waals surface area contributed by atoms with Crippen molar-refractivity contribution in [3.05, 3.63) is 86.7 Å². The molecule has 3 rings (SSSR count). The molecule has 2 aromatic rings. The second-order valence-electron chi connectivity index (χ2n) is 6.20. The summed E-state index contributed by atoms with van der Waals surface area (Å²) in [6.07, 6.45) is 0. The van der Waals surface area contributed by atoms with Gasteiger partial charge < -0.3 is 9.84 Å². The van der Waals surface area contributed by atoms with Gasteiger partial charge in [-0.1, -0.05) is 36.4 Å². The number of hydrogen-bond donors (Lipinski definition) is 1. The first kappa shape index (κ1) is 20.6. The molecule has 0 radical (unpaired) electrons. The van der Waals surface area contributed by atoms with E-state index in [1.54, 1.807) is 31.2 Å². The molecule has 30 heavy (non-hydrogen) atoms. The first-order valence-corrected chi connectivity index (χ1v) is 8.97. The molecule has 1 aliphatic rings. The fraction of sp³-hybridized carbons (Fsp3) is 0.143. The number of aliphatic hydroxyl groups excluding tert-OH is 1. The highest BCUT2D eigenvalue weighted by atomic mass is 16.6. The number of aliphatic imine (C=N–C) groups is 2. The van der Waals surface area contributed by atoms with Crippen LogP contribution < -0.4 is 0 Å². The Balaban J connectivity index is 2.13. The van der Waals surface area contributed by atoms with Crippen molar-refractivity contribution < 1.29 is 24.4 Å². The predicted octanol–water partition coefficient (Wildman–Crippen LogP) is 3.38. The van der Waals surface area contributed by atoms with Gasteiger partial charge in [-0.05, 0) is 19.9 Å². The number of esters is 1. The number of carbonyl (C=O) groups is 2. The van der Waals surface area contributed by atoms with Gasteiger partial charge in [-0.3, -0.25) is 14.9 Å². The van der Waals surface area contributed by atoms with Crippen LogP contribution >= 0.6 is 0 Å². The summed E-state index contributed by atoms with van der Waals surface area (Å²) in [5.41, 5.74) is 0.327. The summed E-state index contributed by atoms with van der Waals surface area (Å²) >= 11 is 0. The van der Waals surface area contributed by atoms with Gasteiger partial charge in [0.05, 0.1) is 17.2 Å². The Morgan fingerprint density at radius 1 is 1.13 bits per heavy atom. The van der Waals surface area contributed by atoms with Crippen molar-refractivity contribution in [2.75, 3.05) is 6.61 Å². The largest absolute Gasteiger partial charge is 0.512 e. The molecule has 0 aliphatic carbocycles.